The fourth-order valence-corrected chi connectivity index (χ4v) is 1.24. The first-order valence-corrected chi connectivity index (χ1v) is 5.10. The Labute approximate surface area is 89.1 Å². The number of amides is 1. The number of methoxy groups -OCH3 is 1. The third-order valence-corrected chi connectivity index (χ3v) is 2.59. The van der Waals surface area contributed by atoms with Gasteiger partial charge in [-0.2, -0.15) is 0 Å². The molecule has 0 aliphatic carbocycles. The lowest BCUT2D eigenvalue weighted by atomic mass is 9.99. The van der Waals surface area contributed by atoms with Crippen LogP contribution in [0.2, 0.25) is 0 Å². The van der Waals surface area contributed by atoms with Gasteiger partial charge in [0, 0.05) is 0 Å². The average molecular weight is 215 g/mol. The van der Waals surface area contributed by atoms with E-state index >= 15 is 0 Å². The van der Waals surface area contributed by atoms with Crippen molar-refractivity contribution in [3.8, 4) is 0 Å². The molecule has 3 atom stereocenters. The van der Waals surface area contributed by atoms with Gasteiger partial charge >= 0.3 is 5.97 Å². The maximum absolute atomic E-state index is 11.4. The summed E-state index contributed by atoms with van der Waals surface area (Å²) < 4.78 is 9.48. The molecule has 0 aromatic rings. The molecule has 86 valence electrons. The highest BCUT2D eigenvalue weighted by Crippen LogP contribution is 2.13. The molecule has 1 aliphatic rings. The van der Waals surface area contributed by atoms with Crippen LogP contribution in [0.5, 0.6) is 0 Å². The van der Waals surface area contributed by atoms with Crippen molar-refractivity contribution in [1.29, 1.82) is 0 Å². The van der Waals surface area contributed by atoms with Crippen LogP contribution in [-0.2, 0) is 19.1 Å². The number of epoxide rings is 1. The van der Waals surface area contributed by atoms with Crippen molar-refractivity contribution in [3.63, 3.8) is 0 Å². The lowest BCUT2D eigenvalue weighted by molar-refractivity contribution is -0.146. The van der Waals surface area contributed by atoms with E-state index in [1.54, 1.807) is 0 Å². The van der Waals surface area contributed by atoms with Crippen LogP contribution in [0, 0.1) is 5.92 Å². The molecule has 0 aromatic carbocycles. The van der Waals surface area contributed by atoms with Crippen LogP contribution >= 0.6 is 0 Å². The normalized spacial score (nSPS) is 22.7. The molecule has 1 saturated heterocycles. The van der Waals surface area contributed by atoms with E-state index in [-0.39, 0.29) is 17.9 Å². The van der Waals surface area contributed by atoms with Gasteiger partial charge in [-0.05, 0) is 5.92 Å². The fourth-order valence-electron chi connectivity index (χ4n) is 1.24. The number of ether oxygens (including phenoxy) is 2. The fraction of sp³-hybridized carbons (Fsp3) is 0.800. The molecule has 5 nitrogen and oxygen atoms in total. The summed E-state index contributed by atoms with van der Waals surface area (Å²) in [5.41, 5.74) is 0. The number of rotatable bonds is 5. The van der Waals surface area contributed by atoms with Crippen LogP contribution in [-0.4, -0.2) is 37.7 Å². The molecule has 0 saturated carbocycles. The molecule has 0 spiro atoms. The first-order chi connectivity index (χ1) is 7.10. The Morgan fingerprint density at radius 3 is 2.60 bits per heavy atom. The Kier molecular flexibility index (Phi) is 4.08. The van der Waals surface area contributed by atoms with Crippen molar-refractivity contribution >= 4 is 11.9 Å². The Bertz CT molecular complexity index is 250. The first-order valence-electron chi connectivity index (χ1n) is 5.10. The summed E-state index contributed by atoms with van der Waals surface area (Å²) in [6, 6.07) is -0.573. The predicted octanol–water partition coefficient (Wildman–Crippen LogP) is 0.0891. The Hall–Kier alpha value is -1.10. The van der Waals surface area contributed by atoms with Crippen molar-refractivity contribution in [3.05, 3.63) is 0 Å². The van der Waals surface area contributed by atoms with Gasteiger partial charge in [-0.3, -0.25) is 4.79 Å². The molecule has 0 bridgehead atoms. The van der Waals surface area contributed by atoms with Gasteiger partial charge in [-0.25, -0.2) is 4.79 Å². The zero-order chi connectivity index (χ0) is 11.4. The number of carbonyl (C=O) groups excluding carboxylic acids is 2. The summed E-state index contributed by atoms with van der Waals surface area (Å²) in [5.74, 6) is -0.579. The number of esters is 1. The van der Waals surface area contributed by atoms with Crippen LogP contribution in [0.25, 0.3) is 0 Å². The van der Waals surface area contributed by atoms with E-state index in [4.69, 9.17) is 4.74 Å². The van der Waals surface area contributed by atoms with Gasteiger partial charge in [0.05, 0.1) is 13.7 Å². The second-order valence-electron chi connectivity index (χ2n) is 3.72. The zero-order valence-corrected chi connectivity index (χ0v) is 9.28. The molecule has 0 radical (unpaired) electrons. The average Bonchev–Trinajstić information content (AvgIpc) is 3.07. The van der Waals surface area contributed by atoms with E-state index in [0.29, 0.717) is 6.61 Å². The summed E-state index contributed by atoms with van der Waals surface area (Å²) >= 11 is 0. The Morgan fingerprint density at radius 1 is 1.60 bits per heavy atom. The highest BCUT2D eigenvalue weighted by molar-refractivity contribution is 5.88. The third-order valence-electron chi connectivity index (χ3n) is 2.59. The maximum Gasteiger partial charge on any atom is 0.328 e. The number of hydrogen-bond donors (Lipinski definition) is 1. The van der Waals surface area contributed by atoms with Crippen LogP contribution in [0.15, 0.2) is 0 Å². The van der Waals surface area contributed by atoms with E-state index in [0.717, 1.165) is 6.42 Å². The minimum Gasteiger partial charge on any atom is -0.467 e. The van der Waals surface area contributed by atoms with Gasteiger partial charge in [-0.15, -0.1) is 0 Å². The highest BCUT2D eigenvalue weighted by atomic mass is 16.6. The monoisotopic (exact) mass is 215 g/mol. The predicted molar refractivity (Wildman–Crippen MR) is 53.1 cm³/mol. The topological polar surface area (TPSA) is 67.9 Å². The van der Waals surface area contributed by atoms with Gasteiger partial charge in [-0.1, -0.05) is 20.3 Å². The molecule has 1 fully saturated rings. The van der Waals surface area contributed by atoms with E-state index in [9.17, 15) is 9.59 Å². The van der Waals surface area contributed by atoms with Crippen molar-refractivity contribution in [2.75, 3.05) is 13.7 Å². The van der Waals surface area contributed by atoms with E-state index in [2.05, 4.69) is 10.1 Å². The summed E-state index contributed by atoms with van der Waals surface area (Å²) in [6.07, 6.45) is 0.423. The van der Waals surface area contributed by atoms with Gasteiger partial charge in [0.1, 0.15) is 6.04 Å². The molecule has 1 rings (SSSR count). The number of hydrogen-bond acceptors (Lipinski definition) is 4. The molecule has 1 aliphatic heterocycles. The van der Waals surface area contributed by atoms with E-state index < -0.39 is 12.0 Å². The van der Waals surface area contributed by atoms with Crippen LogP contribution in [0.4, 0.5) is 0 Å². The molecule has 1 amide bonds. The molecule has 0 aromatic heterocycles. The molecule has 0 unspecified atom stereocenters. The van der Waals surface area contributed by atoms with Crippen molar-refractivity contribution in [2.45, 2.75) is 32.4 Å². The minimum atomic E-state index is -0.573. The number of nitrogens with one attached hydrogen (secondary N) is 1. The molecule has 1 N–H and O–H groups in total. The van der Waals surface area contributed by atoms with Gasteiger partial charge in [0.15, 0.2) is 6.10 Å². The summed E-state index contributed by atoms with van der Waals surface area (Å²) in [5, 5.41) is 2.64. The lowest BCUT2D eigenvalue weighted by Gasteiger charge is -2.21. The largest absolute Gasteiger partial charge is 0.467 e. The highest BCUT2D eigenvalue weighted by Gasteiger charge is 2.35. The molecular weight excluding hydrogens is 198 g/mol. The van der Waals surface area contributed by atoms with Crippen LogP contribution in [0.3, 0.4) is 0 Å². The Balaban J connectivity index is 2.54. The molecule has 5 heteroatoms. The molecule has 15 heavy (non-hydrogen) atoms. The van der Waals surface area contributed by atoms with Crippen molar-refractivity contribution < 1.29 is 19.1 Å². The SMILES string of the molecule is CC[C@H](C)[C@H](NC(=O)[C@@H]1CO1)C(=O)OC. The first kappa shape index (κ1) is 12.0. The second-order valence-corrected chi connectivity index (χ2v) is 3.72. The maximum atomic E-state index is 11.4. The summed E-state index contributed by atoms with van der Waals surface area (Å²) in [7, 11) is 1.32. The van der Waals surface area contributed by atoms with Crippen molar-refractivity contribution in [2.24, 2.45) is 5.92 Å². The smallest absolute Gasteiger partial charge is 0.328 e. The van der Waals surface area contributed by atoms with Crippen LogP contribution in [0.1, 0.15) is 20.3 Å². The van der Waals surface area contributed by atoms with Gasteiger partial charge < -0.3 is 14.8 Å². The van der Waals surface area contributed by atoms with E-state index in [1.807, 2.05) is 13.8 Å². The Morgan fingerprint density at radius 2 is 2.20 bits per heavy atom. The summed E-state index contributed by atoms with van der Waals surface area (Å²) in [4.78, 5) is 22.8. The van der Waals surface area contributed by atoms with Crippen LogP contribution < -0.4 is 5.32 Å². The standard InChI is InChI=1S/C10H17NO4/c1-4-6(2)8(10(13)14-3)11-9(12)7-5-15-7/h6-8H,4-5H2,1-3H3,(H,11,12)/t6-,7-,8-/m0/s1. The quantitative estimate of drug-likeness (QED) is 0.521. The molecule has 1 heterocycles. The number of carbonyl (C=O) groups is 2. The zero-order valence-electron chi connectivity index (χ0n) is 9.28. The summed E-state index contributed by atoms with van der Waals surface area (Å²) in [6.45, 7) is 4.30. The second kappa shape index (κ2) is 5.11. The van der Waals surface area contributed by atoms with Gasteiger partial charge in [0.25, 0.3) is 5.91 Å². The molecular formula is C10H17NO4. The lowest BCUT2D eigenvalue weighted by Crippen LogP contribution is -2.47. The third kappa shape index (κ3) is 3.20. The minimum absolute atomic E-state index is 0.0557. The van der Waals surface area contributed by atoms with E-state index in [1.165, 1.54) is 7.11 Å². The van der Waals surface area contributed by atoms with Gasteiger partial charge in [0.2, 0.25) is 0 Å². The van der Waals surface area contributed by atoms with Crippen molar-refractivity contribution in [1.82, 2.24) is 5.32 Å².